The zero-order valence-corrected chi connectivity index (χ0v) is 10.3. The highest BCUT2D eigenvalue weighted by molar-refractivity contribution is 6.00. The highest BCUT2D eigenvalue weighted by Gasteiger charge is 2.08. The van der Waals surface area contributed by atoms with Gasteiger partial charge in [-0.2, -0.15) is 0 Å². The molecular weight excluding hydrogens is 244 g/mol. The van der Waals surface area contributed by atoms with Crippen LogP contribution in [-0.2, 0) is 4.79 Å². The molecule has 2 aromatic rings. The molecule has 0 atom stereocenters. The number of aldehydes is 1. The molecule has 2 rings (SSSR count). The van der Waals surface area contributed by atoms with Gasteiger partial charge < -0.3 is 9.84 Å². The van der Waals surface area contributed by atoms with Crippen LogP contribution >= 0.6 is 0 Å². The number of rotatable bonds is 6. The van der Waals surface area contributed by atoms with Gasteiger partial charge in [0.05, 0.1) is 12.2 Å². The van der Waals surface area contributed by atoms with Crippen molar-refractivity contribution in [2.24, 2.45) is 0 Å². The number of aliphatic carboxylic acids is 1. The van der Waals surface area contributed by atoms with Gasteiger partial charge in [-0.25, -0.2) is 0 Å². The minimum Gasteiger partial charge on any atom is -0.493 e. The Morgan fingerprint density at radius 1 is 1.21 bits per heavy atom. The number of hydrogen-bond acceptors (Lipinski definition) is 3. The van der Waals surface area contributed by atoms with Crippen LogP contribution in [0.25, 0.3) is 10.8 Å². The maximum atomic E-state index is 11.2. The molecule has 0 bridgehead atoms. The second-order valence-electron chi connectivity index (χ2n) is 4.16. The standard InChI is InChI=1S/C15H14O4/c16-10-13-12-5-2-1-4-11(12)7-8-14(13)19-9-3-6-15(17)18/h1-2,4-5,7-8,10H,3,6,9H2,(H,17,18). The Bertz CT molecular complexity index is 604. The average molecular weight is 258 g/mol. The fourth-order valence-electron chi connectivity index (χ4n) is 1.93. The summed E-state index contributed by atoms with van der Waals surface area (Å²) in [5, 5.41) is 10.4. The van der Waals surface area contributed by atoms with Crippen molar-refractivity contribution in [1.29, 1.82) is 0 Å². The first-order valence-corrected chi connectivity index (χ1v) is 6.04. The number of fused-ring (bicyclic) bond motifs is 1. The molecule has 0 aliphatic heterocycles. The third-order valence-corrected chi connectivity index (χ3v) is 2.84. The fraction of sp³-hybridized carbons (Fsp3) is 0.200. The molecule has 0 aliphatic carbocycles. The van der Waals surface area contributed by atoms with E-state index in [1.807, 2.05) is 30.3 Å². The molecule has 4 nitrogen and oxygen atoms in total. The number of carbonyl (C=O) groups excluding carboxylic acids is 1. The van der Waals surface area contributed by atoms with Crippen molar-refractivity contribution in [3.05, 3.63) is 42.0 Å². The molecular formula is C15H14O4. The maximum Gasteiger partial charge on any atom is 0.303 e. The molecule has 4 heteroatoms. The van der Waals surface area contributed by atoms with Crippen LogP contribution in [0.1, 0.15) is 23.2 Å². The van der Waals surface area contributed by atoms with Crippen LogP contribution in [0.2, 0.25) is 0 Å². The highest BCUT2D eigenvalue weighted by atomic mass is 16.5. The van der Waals surface area contributed by atoms with Gasteiger partial charge in [0.2, 0.25) is 0 Å². The molecule has 0 heterocycles. The molecule has 0 spiro atoms. The Balaban J connectivity index is 2.18. The average Bonchev–Trinajstić information content (AvgIpc) is 2.42. The predicted octanol–water partition coefficient (Wildman–Crippen LogP) is 2.90. The first-order chi connectivity index (χ1) is 9.22. The lowest BCUT2D eigenvalue weighted by molar-refractivity contribution is -0.137. The van der Waals surface area contributed by atoms with Crippen LogP contribution in [0.15, 0.2) is 36.4 Å². The van der Waals surface area contributed by atoms with E-state index in [9.17, 15) is 9.59 Å². The Hall–Kier alpha value is -2.36. The lowest BCUT2D eigenvalue weighted by Gasteiger charge is -2.10. The summed E-state index contributed by atoms with van der Waals surface area (Å²) in [6.07, 6.45) is 1.25. The smallest absolute Gasteiger partial charge is 0.303 e. The van der Waals surface area contributed by atoms with Gasteiger partial charge in [0.25, 0.3) is 0 Å². The summed E-state index contributed by atoms with van der Waals surface area (Å²) in [6, 6.07) is 11.2. The van der Waals surface area contributed by atoms with Crippen molar-refractivity contribution in [3.63, 3.8) is 0 Å². The van der Waals surface area contributed by atoms with Crippen LogP contribution in [0.3, 0.4) is 0 Å². The van der Waals surface area contributed by atoms with Crippen LogP contribution in [-0.4, -0.2) is 24.0 Å². The quantitative estimate of drug-likeness (QED) is 0.639. The maximum absolute atomic E-state index is 11.2. The van der Waals surface area contributed by atoms with E-state index < -0.39 is 5.97 Å². The summed E-state index contributed by atoms with van der Waals surface area (Å²) in [7, 11) is 0. The zero-order chi connectivity index (χ0) is 13.7. The number of benzene rings is 2. The highest BCUT2D eigenvalue weighted by Crippen LogP contribution is 2.26. The number of carbonyl (C=O) groups is 2. The Morgan fingerprint density at radius 2 is 2.00 bits per heavy atom. The van der Waals surface area contributed by atoms with Gasteiger partial charge in [-0.15, -0.1) is 0 Å². The molecule has 19 heavy (non-hydrogen) atoms. The molecule has 0 unspecified atom stereocenters. The van der Waals surface area contributed by atoms with Crippen molar-refractivity contribution in [1.82, 2.24) is 0 Å². The Morgan fingerprint density at radius 3 is 2.74 bits per heavy atom. The molecule has 0 aliphatic rings. The van der Waals surface area contributed by atoms with Crippen molar-refractivity contribution in [2.75, 3.05) is 6.61 Å². The summed E-state index contributed by atoms with van der Waals surface area (Å²) < 4.78 is 5.49. The molecule has 0 aromatic heterocycles. The van der Waals surface area contributed by atoms with Gasteiger partial charge in [0.15, 0.2) is 6.29 Å². The van der Waals surface area contributed by atoms with Gasteiger partial charge in [-0.3, -0.25) is 9.59 Å². The minimum atomic E-state index is -0.849. The van der Waals surface area contributed by atoms with Crippen LogP contribution in [0.4, 0.5) is 0 Å². The van der Waals surface area contributed by atoms with Crippen molar-refractivity contribution >= 4 is 23.0 Å². The number of ether oxygens (including phenoxy) is 1. The molecule has 0 fully saturated rings. The van der Waals surface area contributed by atoms with Gasteiger partial charge >= 0.3 is 5.97 Å². The lowest BCUT2D eigenvalue weighted by Crippen LogP contribution is -2.03. The first kappa shape index (κ1) is 13.1. The number of hydrogen-bond donors (Lipinski definition) is 1. The summed E-state index contributed by atoms with van der Waals surface area (Å²) in [6.45, 7) is 0.283. The molecule has 0 amide bonds. The largest absolute Gasteiger partial charge is 0.493 e. The molecule has 1 N–H and O–H groups in total. The van der Waals surface area contributed by atoms with Gasteiger partial charge in [0.1, 0.15) is 5.75 Å². The van der Waals surface area contributed by atoms with E-state index in [4.69, 9.17) is 9.84 Å². The van der Waals surface area contributed by atoms with Gasteiger partial charge in [-0.1, -0.05) is 30.3 Å². The topological polar surface area (TPSA) is 63.6 Å². The lowest BCUT2D eigenvalue weighted by atomic mass is 10.0. The first-order valence-electron chi connectivity index (χ1n) is 6.04. The second kappa shape index (κ2) is 6.00. The number of carboxylic acids is 1. The van der Waals surface area contributed by atoms with Crippen LogP contribution in [0, 0.1) is 0 Å². The Labute approximate surface area is 110 Å². The van der Waals surface area contributed by atoms with E-state index in [0.717, 1.165) is 17.1 Å². The SMILES string of the molecule is O=Cc1c(OCCCC(=O)O)ccc2ccccc12. The monoisotopic (exact) mass is 258 g/mol. The van der Waals surface area contributed by atoms with E-state index in [-0.39, 0.29) is 13.0 Å². The predicted molar refractivity (Wildman–Crippen MR) is 71.7 cm³/mol. The van der Waals surface area contributed by atoms with Crippen molar-refractivity contribution < 1.29 is 19.4 Å². The van der Waals surface area contributed by atoms with Crippen LogP contribution in [0.5, 0.6) is 5.75 Å². The molecule has 0 saturated carbocycles. The second-order valence-corrected chi connectivity index (χ2v) is 4.16. The van der Waals surface area contributed by atoms with Gasteiger partial charge in [-0.05, 0) is 23.3 Å². The summed E-state index contributed by atoms with van der Waals surface area (Å²) in [5.74, 6) is -0.350. The number of carboxylic acid groups (broad SMARTS) is 1. The fourth-order valence-corrected chi connectivity index (χ4v) is 1.93. The van der Waals surface area contributed by atoms with Crippen molar-refractivity contribution in [2.45, 2.75) is 12.8 Å². The third kappa shape index (κ3) is 3.10. The molecule has 0 radical (unpaired) electrons. The van der Waals surface area contributed by atoms with Crippen molar-refractivity contribution in [3.8, 4) is 5.75 Å². The Kier molecular flexibility index (Phi) is 4.13. The van der Waals surface area contributed by atoms with E-state index in [1.165, 1.54) is 0 Å². The third-order valence-electron chi connectivity index (χ3n) is 2.84. The van der Waals surface area contributed by atoms with Gasteiger partial charge in [0, 0.05) is 6.42 Å². The zero-order valence-electron chi connectivity index (χ0n) is 10.3. The van der Waals surface area contributed by atoms with E-state index >= 15 is 0 Å². The van der Waals surface area contributed by atoms with Crippen LogP contribution < -0.4 is 4.74 Å². The normalized spacial score (nSPS) is 10.3. The van der Waals surface area contributed by atoms with E-state index in [0.29, 0.717) is 17.7 Å². The summed E-state index contributed by atoms with van der Waals surface area (Å²) >= 11 is 0. The minimum absolute atomic E-state index is 0.0595. The molecule has 0 saturated heterocycles. The van der Waals surface area contributed by atoms with E-state index in [2.05, 4.69) is 0 Å². The van der Waals surface area contributed by atoms with E-state index in [1.54, 1.807) is 6.07 Å². The molecule has 2 aromatic carbocycles. The molecule has 98 valence electrons. The summed E-state index contributed by atoms with van der Waals surface area (Å²) in [4.78, 5) is 21.6. The summed E-state index contributed by atoms with van der Waals surface area (Å²) in [5.41, 5.74) is 0.508.